The van der Waals surface area contributed by atoms with Gasteiger partial charge in [0.2, 0.25) is 0 Å². The molecule has 20 heavy (non-hydrogen) atoms. The lowest BCUT2D eigenvalue weighted by atomic mass is 10.3. The summed E-state index contributed by atoms with van der Waals surface area (Å²) in [6.07, 6.45) is 2.58. The van der Waals surface area contributed by atoms with Crippen LogP contribution < -0.4 is 0 Å². The van der Waals surface area contributed by atoms with Gasteiger partial charge in [-0.1, -0.05) is 0 Å². The first-order chi connectivity index (χ1) is 9.65. The van der Waals surface area contributed by atoms with Gasteiger partial charge in [-0.3, -0.25) is 0 Å². The van der Waals surface area contributed by atoms with E-state index < -0.39 is 0 Å². The minimum Gasteiger partial charge on any atom is -0.379 e. The SMILES string of the molecule is CC(Cl)c1nc2cc(F)ccc2n1CCOCC1CC1. The number of aromatic nitrogens is 2. The molecule has 0 amide bonds. The molecule has 1 aromatic heterocycles. The van der Waals surface area contributed by atoms with E-state index in [0.717, 1.165) is 23.9 Å². The molecule has 108 valence electrons. The van der Waals surface area contributed by atoms with Gasteiger partial charge in [-0.05, 0) is 37.8 Å². The minimum atomic E-state index is -0.277. The third kappa shape index (κ3) is 2.96. The third-order valence-electron chi connectivity index (χ3n) is 3.61. The summed E-state index contributed by atoms with van der Waals surface area (Å²) in [5.41, 5.74) is 1.55. The number of nitrogens with zero attached hydrogens (tertiary/aromatic N) is 2. The maximum absolute atomic E-state index is 13.3. The van der Waals surface area contributed by atoms with Crippen LogP contribution in [-0.4, -0.2) is 22.8 Å². The molecule has 0 N–H and O–H groups in total. The molecule has 2 aromatic rings. The summed E-state index contributed by atoms with van der Waals surface area (Å²) in [7, 11) is 0. The number of benzene rings is 1. The van der Waals surface area contributed by atoms with E-state index in [-0.39, 0.29) is 11.2 Å². The second kappa shape index (κ2) is 5.70. The van der Waals surface area contributed by atoms with Crippen LogP contribution in [0.25, 0.3) is 11.0 Å². The van der Waals surface area contributed by atoms with Crippen molar-refractivity contribution in [1.82, 2.24) is 9.55 Å². The van der Waals surface area contributed by atoms with Gasteiger partial charge >= 0.3 is 0 Å². The molecule has 1 aromatic carbocycles. The lowest BCUT2D eigenvalue weighted by Crippen LogP contribution is -2.11. The Labute approximate surface area is 122 Å². The van der Waals surface area contributed by atoms with Crippen LogP contribution in [0.2, 0.25) is 0 Å². The average molecular weight is 297 g/mol. The Hall–Kier alpha value is -1.13. The molecular formula is C15H18ClFN2O. The van der Waals surface area contributed by atoms with Crippen molar-refractivity contribution in [3.05, 3.63) is 29.8 Å². The summed E-state index contributed by atoms with van der Waals surface area (Å²) in [6.45, 7) is 4.05. The van der Waals surface area contributed by atoms with Crippen LogP contribution in [0.5, 0.6) is 0 Å². The predicted molar refractivity (Wildman–Crippen MR) is 77.5 cm³/mol. The Morgan fingerprint density at radius 3 is 3.00 bits per heavy atom. The smallest absolute Gasteiger partial charge is 0.127 e. The van der Waals surface area contributed by atoms with Crippen LogP contribution in [-0.2, 0) is 11.3 Å². The zero-order valence-corrected chi connectivity index (χ0v) is 12.2. The van der Waals surface area contributed by atoms with Crippen LogP contribution in [0.1, 0.15) is 31.0 Å². The molecule has 0 bridgehead atoms. The van der Waals surface area contributed by atoms with E-state index >= 15 is 0 Å². The fourth-order valence-electron chi connectivity index (χ4n) is 2.35. The lowest BCUT2D eigenvalue weighted by molar-refractivity contribution is 0.117. The zero-order chi connectivity index (χ0) is 14.1. The largest absolute Gasteiger partial charge is 0.379 e. The second-order valence-electron chi connectivity index (χ2n) is 5.39. The van der Waals surface area contributed by atoms with Gasteiger partial charge in [-0.15, -0.1) is 11.6 Å². The topological polar surface area (TPSA) is 27.1 Å². The molecular weight excluding hydrogens is 279 g/mol. The maximum Gasteiger partial charge on any atom is 0.127 e. The highest BCUT2D eigenvalue weighted by molar-refractivity contribution is 6.20. The number of hydrogen-bond donors (Lipinski definition) is 0. The van der Waals surface area contributed by atoms with Gasteiger partial charge in [-0.2, -0.15) is 0 Å². The van der Waals surface area contributed by atoms with E-state index in [4.69, 9.17) is 16.3 Å². The molecule has 0 spiro atoms. The van der Waals surface area contributed by atoms with Crippen LogP contribution in [0.3, 0.4) is 0 Å². The summed E-state index contributed by atoms with van der Waals surface area (Å²) in [6, 6.07) is 4.65. The van der Waals surface area contributed by atoms with Gasteiger partial charge < -0.3 is 9.30 Å². The molecule has 0 saturated heterocycles. The van der Waals surface area contributed by atoms with Crippen molar-refractivity contribution >= 4 is 22.6 Å². The van der Waals surface area contributed by atoms with Crippen molar-refractivity contribution in [2.75, 3.05) is 13.2 Å². The van der Waals surface area contributed by atoms with Crippen molar-refractivity contribution in [3.8, 4) is 0 Å². The standard InChI is InChI=1S/C15H18ClFN2O/c1-10(16)15-18-13-8-12(17)4-5-14(13)19(15)6-7-20-9-11-2-3-11/h4-5,8,10-11H,2-3,6-7,9H2,1H3. The Morgan fingerprint density at radius 1 is 1.50 bits per heavy atom. The monoisotopic (exact) mass is 296 g/mol. The van der Waals surface area contributed by atoms with Crippen LogP contribution in [0.4, 0.5) is 4.39 Å². The fourth-order valence-corrected chi connectivity index (χ4v) is 2.52. The van der Waals surface area contributed by atoms with Gasteiger partial charge in [0.25, 0.3) is 0 Å². The van der Waals surface area contributed by atoms with Gasteiger partial charge in [0.05, 0.1) is 23.0 Å². The van der Waals surface area contributed by atoms with E-state index in [2.05, 4.69) is 4.98 Å². The highest BCUT2D eigenvalue weighted by Crippen LogP contribution is 2.29. The Bertz CT molecular complexity index is 607. The van der Waals surface area contributed by atoms with Crippen molar-refractivity contribution in [1.29, 1.82) is 0 Å². The maximum atomic E-state index is 13.3. The number of ether oxygens (including phenoxy) is 1. The van der Waals surface area contributed by atoms with E-state index in [1.54, 1.807) is 6.07 Å². The Kier molecular flexibility index (Phi) is 3.94. The molecule has 3 rings (SSSR count). The van der Waals surface area contributed by atoms with E-state index in [1.165, 1.54) is 25.0 Å². The number of rotatable bonds is 6. The first-order valence-electron chi connectivity index (χ1n) is 7.02. The average Bonchev–Trinajstić information content (AvgIpc) is 3.15. The van der Waals surface area contributed by atoms with Gasteiger partial charge in [0, 0.05) is 19.2 Å². The summed E-state index contributed by atoms with van der Waals surface area (Å²) < 4.78 is 21.0. The van der Waals surface area contributed by atoms with E-state index in [0.29, 0.717) is 18.7 Å². The minimum absolute atomic E-state index is 0.214. The van der Waals surface area contributed by atoms with Gasteiger partial charge in [0.1, 0.15) is 11.6 Å². The molecule has 1 aliphatic carbocycles. The van der Waals surface area contributed by atoms with E-state index in [1.807, 2.05) is 11.5 Å². The summed E-state index contributed by atoms with van der Waals surface area (Å²) in [4.78, 5) is 4.43. The molecule has 1 unspecified atom stereocenters. The third-order valence-corrected chi connectivity index (χ3v) is 3.80. The molecule has 3 nitrogen and oxygen atoms in total. The summed E-state index contributed by atoms with van der Waals surface area (Å²) in [5, 5.41) is -0.214. The van der Waals surface area contributed by atoms with E-state index in [9.17, 15) is 4.39 Å². The van der Waals surface area contributed by atoms with Crippen molar-refractivity contribution in [3.63, 3.8) is 0 Å². The first-order valence-corrected chi connectivity index (χ1v) is 7.46. The van der Waals surface area contributed by atoms with Crippen LogP contribution in [0, 0.1) is 11.7 Å². The Morgan fingerprint density at radius 2 is 2.30 bits per heavy atom. The lowest BCUT2D eigenvalue weighted by Gasteiger charge is -2.10. The van der Waals surface area contributed by atoms with Crippen molar-refractivity contribution < 1.29 is 9.13 Å². The molecule has 1 aliphatic rings. The van der Waals surface area contributed by atoms with Crippen molar-refractivity contribution in [2.24, 2.45) is 5.92 Å². The van der Waals surface area contributed by atoms with Crippen LogP contribution >= 0.6 is 11.6 Å². The molecule has 0 radical (unpaired) electrons. The van der Waals surface area contributed by atoms with Gasteiger partial charge in [-0.25, -0.2) is 9.37 Å². The fraction of sp³-hybridized carbons (Fsp3) is 0.533. The number of halogens is 2. The highest BCUT2D eigenvalue weighted by atomic mass is 35.5. The quantitative estimate of drug-likeness (QED) is 0.597. The molecule has 1 fully saturated rings. The zero-order valence-electron chi connectivity index (χ0n) is 11.5. The molecule has 1 heterocycles. The molecule has 1 atom stereocenters. The second-order valence-corrected chi connectivity index (χ2v) is 6.04. The van der Waals surface area contributed by atoms with Crippen molar-refractivity contribution in [2.45, 2.75) is 31.7 Å². The number of imidazole rings is 1. The molecule has 0 aliphatic heterocycles. The number of alkyl halides is 1. The van der Waals surface area contributed by atoms with Crippen LogP contribution in [0.15, 0.2) is 18.2 Å². The van der Waals surface area contributed by atoms with Gasteiger partial charge in [0.15, 0.2) is 0 Å². The first kappa shape index (κ1) is 13.8. The number of fused-ring (bicyclic) bond motifs is 1. The highest BCUT2D eigenvalue weighted by Gasteiger charge is 2.21. The predicted octanol–water partition coefficient (Wildman–Crippen LogP) is 3.90. The molecule has 5 heteroatoms. The molecule has 1 saturated carbocycles. The Balaban J connectivity index is 1.80. The summed E-state index contributed by atoms with van der Waals surface area (Å²) >= 11 is 6.17. The summed E-state index contributed by atoms with van der Waals surface area (Å²) in [5.74, 6) is 1.25. The number of hydrogen-bond acceptors (Lipinski definition) is 2. The normalized spacial score (nSPS) is 16.8.